The Hall–Kier alpha value is -2.20. The number of carbonyl (C=O) groups is 2. The summed E-state index contributed by atoms with van der Waals surface area (Å²) in [6, 6.07) is 13.1. The zero-order valence-corrected chi connectivity index (χ0v) is 35.9. The molecule has 3 aromatic rings. The molecule has 18 heteroatoms. The van der Waals surface area contributed by atoms with E-state index in [1.165, 1.54) is 12.0 Å². The monoisotopic (exact) mass is 877 g/mol. The summed E-state index contributed by atoms with van der Waals surface area (Å²) in [6.07, 6.45) is 6.60. The van der Waals surface area contributed by atoms with Crippen molar-refractivity contribution in [1.82, 2.24) is 29.3 Å². The summed E-state index contributed by atoms with van der Waals surface area (Å²) in [5, 5.41) is 7.90. The van der Waals surface area contributed by atoms with E-state index in [-0.39, 0.29) is 17.9 Å². The van der Waals surface area contributed by atoms with Gasteiger partial charge in [0, 0.05) is 60.4 Å². The summed E-state index contributed by atoms with van der Waals surface area (Å²) >= 11 is 30.1. The number of piperazine rings is 1. The second-order valence-electron chi connectivity index (χ2n) is 13.9. The Bertz CT molecular complexity index is 1700. The van der Waals surface area contributed by atoms with Crippen molar-refractivity contribution in [1.29, 1.82) is 0 Å². The predicted molar refractivity (Wildman–Crippen MR) is 220 cm³/mol. The van der Waals surface area contributed by atoms with E-state index in [2.05, 4.69) is 58.1 Å². The van der Waals surface area contributed by atoms with Gasteiger partial charge in [-0.2, -0.15) is 9.40 Å². The van der Waals surface area contributed by atoms with Crippen molar-refractivity contribution in [2.75, 3.05) is 44.3 Å². The SMILES string of the molecule is CC(C)N1CCN(c2ccc(OC[C@H]3CO[C@](Cn4cncn4)(c4ccc(Cl)cc4Cl)O3)cc2)CC1.CCCCC(CC)C1NC(=O)N(SC(Cl)(Cl)Cl)C1=O. The van der Waals surface area contributed by atoms with Gasteiger partial charge >= 0.3 is 6.03 Å². The van der Waals surface area contributed by atoms with Gasteiger partial charge < -0.3 is 24.4 Å². The van der Waals surface area contributed by atoms with E-state index >= 15 is 0 Å². The lowest BCUT2D eigenvalue weighted by atomic mass is 9.91. The van der Waals surface area contributed by atoms with Crippen molar-refractivity contribution in [2.45, 2.75) is 87.0 Å². The third kappa shape index (κ3) is 11.9. The maximum absolute atomic E-state index is 12.2. The van der Waals surface area contributed by atoms with Crippen LogP contribution in [0.5, 0.6) is 5.75 Å². The molecule has 0 radical (unpaired) electrons. The number of rotatable bonds is 14. The van der Waals surface area contributed by atoms with Crippen LogP contribution in [0, 0.1) is 5.92 Å². The Kier molecular flexibility index (Phi) is 16.0. The van der Waals surface area contributed by atoms with E-state index < -0.39 is 21.0 Å². The van der Waals surface area contributed by atoms with Crippen LogP contribution in [0.2, 0.25) is 10.0 Å². The molecular weight excluding hydrogens is 832 g/mol. The maximum atomic E-state index is 12.2. The third-order valence-corrected chi connectivity index (χ3v) is 11.7. The van der Waals surface area contributed by atoms with Gasteiger partial charge in [-0.1, -0.05) is 97.2 Å². The van der Waals surface area contributed by atoms with Gasteiger partial charge in [-0.05, 0) is 62.6 Å². The fourth-order valence-electron chi connectivity index (χ4n) is 6.78. The van der Waals surface area contributed by atoms with Crippen molar-refractivity contribution >= 4 is 87.6 Å². The Labute approximate surface area is 352 Å². The number of benzene rings is 2. The van der Waals surface area contributed by atoms with Gasteiger partial charge in [-0.15, -0.1) is 0 Å². The van der Waals surface area contributed by atoms with Gasteiger partial charge in [-0.25, -0.2) is 14.5 Å². The molecule has 1 N–H and O–H groups in total. The highest BCUT2D eigenvalue weighted by molar-refractivity contribution is 8.03. The van der Waals surface area contributed by atoms with Gasteiger partial charge in [0.1, 0.15) is 43.7 Å². The summed E-state index contributed by atoms with van der Waals surface area (Å²) in [6.45, 7) is 13.8. The summed E-state index contributed by atoms with van der Waals surface area (Å²) in [7, 11) is 0. The van der Waals surface area contributed by atoms with Gasteiger partial charge in [0.25, 0.3) is 9.03 Å². The molecule has 0 spiro atoms. The average Bonchev–Trinajstić information content (AvgIpc) is 3.88. The van der Waals surface area contributed by atoms with Crippen molar-refractivity contribution < 1.29 is 23.8 Å². The molecule has 1 aromatic heterocycles. The highest BCUT2D eigenvalue weighted by atomic mass is 35.6. The van der Waals surface area contributed by atoms with Gasteiger partial charge in [0.2, 0.25) is 5.79 Å². The van der Waals surface area contributed by atoms with Gasteiger partial charge in [0.15, 0.2) is 0 Å². The topological polar surface area (TPSA) is 114 Å². The molecule has 0 saturated carbocycles. The number of urea groups is 1. The number of imide groups is 1. The smallest absolute Gasteiger partial charge is 0.335 e. The van der Waals surface area contributed by atoms with E-state index in [0.29, 0.717) is 53.4 Å². The van der Waals surface area contributed by atoms with Crippen molar-refractivity contribution in [3.63, 3.8) is 0 Å². The van der Waals surface area contributed by atoms with Crippen molar-refractivity contribution in [2.24, 2.45) is 5.92 Å². The molecule has 0 aliphatic carbocycles. The summed E-state index contributed by atoms with van der Waals surface area (Å²) in [5.41, 5.74) is 1.91. The van der Waals surface area contributed by atoms with Crippen LogP contribution in [-0.4, -0.2) is 96.6 Å². The number of anilines is 1. The molecule has 3 saturated heterocycles. The molecule has 6 rings (SSSR count). The number of amides is 3. The minimum absolute atomic E-state index is 0.123. The largest absolute Gasteiger partial charge is 0.491 e. The van der Waals surface area contributed by atoms with Crippen LogP contribution in [0.15, 0.2) is 55.1 Å². The lowest BCUT2D eigenvalue weighted by molar-refractivity contribution is -0.190. The number of carbonyl (C=O) groups excluding carboxylic acids is 2. The minimum Gasteiger partial charge on any atom is -0.491 e. The summed E-state index contributed by atoms with van der Waals surface area (Å²) in [5.74, 6) is -0.533. The summed E-state index contributed by atoms with van der Waals surface area (Å²) in [4.78, 5) is 32.9. The molecule has 12 nitrogen and oxygen atoms in total. The van der Waals surface area contributed by atoms with E-state index in [0.717, 1.165) is 61.9 Å². The van der Waals surface area contributed by atoms with E-state index in [4.69, 9.17) is 72.2 Å². The molecule has 55 heavy (non-hydrogen) atoms. The van der Waals surface area contributed by atoms with Crippen LogP contribution in [0.3, 0.4) is 0 Å². The van der Waals surface area contributed by atoms with Crippen LogP contribution in [0.25, 0.3) is 0 Å². The Morgan fingerprint density at radius 3 is 2.38 bits per heavy atom. The van der Waals surface area contributed by atoms with E-state index in [1.807, 2.05) is 25.1 Å². The molecule has 2 aromatic carbocycles. The summed E-state index contributed by atoms with van der Waals surface area (Å²) < 4.78 is 19.6. The molecule has 3 aliphatic heterocycles. The third-order valence-electron chi connectivity index (χ3n) is 9.77. The molecule has 4 heterocycles. The average molecular weight is 880 g/mol. The van der Waals surface area contributed by atoms with Crippen LogP contribution < -0.4 is 15.0 Å². The van der Waals surface area contributed by atoms with Crippen LogP contribution in [-0.2, 0) is 26.6 Å². The number of aromatic nitrogens is 3. The first kappa shape index (κ1) is 43.9. The standard InChI is InChI=1S/C26H31Cl2N5O3.C11H17Cl3N2O2S/c1-19(2)31-9-11-32(12-10-31)21-4-6-22(7-5-21)34-14-23-15-35-26(36-23,16-33-18-29-17-30-33)24-8-3-20(27)13-25(24)28;1-3-5-6-7(4-2)8-9(17)16(10(18)15-8)19-11(12,13)14/h3-8,13,17-19,23H,9-12,14-16H2,1-2H3;7-8H,3-6H2,1-2H3,(H,15,18)/t23-,26-;/m0./s1. The number of hydrogen-bond donors (Lipinski definition) is 1. The first-order valence-electron chi connectivity index (χ1n) is 18.4. The fourth-order valence-corrected chi connectivity index (χ4v) is 8.50. The molecule has 3 fully saturated rings. The van der Waals surface area contributed by atoms with Crippen LogP contribution in [0.1, 0.15) is 58.9 Å². The zero-order chi connectivity index (χ0) is 39.8. The van der Waals surface area contributed by atoms with Gasteiger partial charge in [-0.3, -0.25) is 9.69 Å². The first-order valence-corrected chi connectivity index (χ1v) is 21.1. The lowest BCUT2D eigenvalue weighted by Crippen LogP contribution is -2.48. The van der Waals surface area contributed by atoms with Crippen LogP contribution >= 0.6 is 70.0 Å². The fraction of sp³-hybridized carbons (Fsp3) is 0.568. The molecule has 3 amide bonds. The lowest BCUT2D eigenvalue weighted by Gasteiger charge is -2.38. The quantitative estimate of drug-likeness (QED) is 0.0961. The predicted octanol–water partition coefficient (Wildman–Crippen LogP) is 8.56. The first-order chi connectivity index (χ1) is 26.2. The second-order valence-corrected chi connectivity index (χ2v) is 18.8. The van der Waals surface area contributed by atoms with Gasteiger partial charge in [0.05, 0.1) is 11.6 Å². The molecule has 0 bridgehead atoms. The van der Waals surface area contributed by atoms with E-state index in [1.54, 1.807) is 23.1 Å². The van der Waals surface area contributed by atoms with Crippen LogP contribution in [0.4, 0.5) is 10.5 Å². The number of halogens is 5. The molecular formula is C37H48Cl5N7O5S. The number of alkyl halides is 3. The molecule has 3 aliphatic rings. The Morgan fingerprint density at radius 1 is 1.05 bits per heavy atom. The molecule has 4 atom stereocenters. The zero-order valence-electron chi connectivity index (χ0n) is 31.3. The molecule has 2 unspecified atom stereocenters. The number of nitrogens with one attached hydrogen (secondary N) is 1. The number of nitrogens with zero attached hydrogens (tertiary/aromatic N) is 6. The number of unbranched alkanes of at least 4 members (excludes halogenated alkanes) is 1. The highest BCUT2D eigenvalue weighted by Gasteiger charge is 2.46. The number of ether oxygens (including phenoxy) is 3. The normalized spacial score (nSPS) is 22.5. The Morgan fingerprint density at radius 2 is 1.78 bits per heavy atom. The molecule has 302 valence electrons. The minimum atomic E-state index is -1.73. The van der Waals surface area contributed by atoms with Crippen molar-refractivity contribution in [3.05, 3.63) is 70.7 Å². The van der Waals surface area contributed by atoms with Crippen molar-refractivity contribution in [3.8, 4) is 5.75 Å². The number of hydrogen-bond acceptors (Lipinski definition) is 10. The Balaban J connectivity index is 0.000000259. The maximum Gasteiger partial charge on any atom is 0.335 e. The van der Waals surface area contributed by atoms with E-state index in [9.17, 15) is 9.59 Å². The second kappa shape index (κ2) is 20.0. The highest BCUT2D eigenvalue weighted by Crippen LogP contribution is 2.43.